The Morgan fingerprint density at radius 3 is 2.92 bits per heavy atom. The fraction of sp³-hybridized carbons (Fsp3) is 0.444. The van der Waals surface area contributed by atoms with E-state index in [1.54, 1.807) is 18.4 Å². The van der Waals surface area contributed by atoms with Crippen LogP contribution in [0.4, 0.5) is 0 Å². The normalized spacial score (nSPS) is 10.0. The van der Waals surface area contributed by atoms with Crippen molar-refractivity contribution in [3.63, 3.8) is 0 Å². The van der Waals surface area contributed by atoms with E-state index >= 15 is 0 Å². The van der Waals surface area contributed by atoms with Crippen LogP contribution in [-0.4, -0.2) is 20.2 Å². The maximum absolute atomic E-state index is 11.0. The van der Waals surface area contributed by atoms with Gasteiger partial charge in [-0.2, -0.15) is 0 Å². The fourth-order valence-corrected chi connectivity index (χ4v) is 1.89. The van der Waals surface area contributed by atoms with E-state index in [-0.39, 0.29) is 5.97 Å². The Hall–Kier alpha value is -0.870. The lowest BCUT2D eigenvalue weighted by atomic mass is 10.2. The van der Waals surface area contributed by atoms with E-state index in [2.05, 4.69) is 4.74 Å². The Labute approximate surface area is 81.3 Å². The summed E-state index contributed by atoms with van der Waals surface area (Å²) in [7, 11) is 3.03. The van der Waals surface area contributed by atoms with E-state index in [4.69, 9.17) is 4.74 Å². The molecule has 1 heterocycles. The fourth-order valence-electron chi connectivity index (χ4n) is 1.01. The number of hydrogen-bond donors (Lipinski definition) is 0. The smallest absolute Gasteiger partial charge is 0.310 e. The quantitative estimate of drug-likeness (QED) is 0.693. The molecule has 0 saturated carbocycles. The molecule has 0 unspecified atom stereocenters. The lowest BCUT2D eigenvalue weighted by Crippen LogP contribution is -2.04. The Bertz CT molecular complexity index is 280. The van der Waals surface area contributed by atoms with Gasteiger partial charge in [0.1, 0.15) is 0 Å². The van der Waals surface area contributed by atoms with Gasteiger partial charge in [-0.3, -0.25) is 4.79 Å². The average Bonchev–Trinajstić information content (AvgIpc) is 2.54. The van der Waals surface area contributed by atoms with E-state index in [0.29, 0.717) is 13.0 Å². The Morgan fingerprint density at radius 1 is 1.54 bits per heavy atom. The first-order chi connectivity index (χ1) is 6.27. The third-order valence-electron chi connectivity index (χ3n) is 1.67. The Balaban J connectivity index is 2.64. The molecule has 3 nitrogen and oxygen atoms in total. The van der Waals surface area contributed by atoms with Crippen molar-refractivity contribution in [2.45, 2.75) is 13.0 Å². The standard InChI is InChI=1S/C9H12O3S/c1-11-6-7-3-4-13-8(7)5-9(10)12-2/h3-4H,5-6H2,1-2H3. The molecular weight excluding hydrogens is 188 g/mol. The highest BCUT2D eigenvalue weighted by Gasteiger charge is 2.08. The van der Waals surface area contributed by atoms with Gasteiger partial charge >= 0.3 is 5.97 Å². The molecule has 0 N–H and O–H groups in total. The van der Waals surface area contributed by atoms with Crippen LogP contribution in [0.2, 0.25) is 0 Å². The molecule has 0 radical (unpaired) electrons. The van der Waals surface area contributed by atoms with E-state index in [0.717, 1.165) is 10.4 Å². The molecule has 0 aliphatic carbocycles. The van der Waals surface area contributed by atoms with Gasteiger partial charge < -0.3 is 9.47 Å². The van der Waals surface area contributed by atoms with E-state index in [1.807, 2.05) is 11.4 Å². The molecule has 0 bridgehead atoms. The van der Waals surface area contributed by atoms with Crippen LogP contribution in [0.3, 0.4) is 0 Å². The van der Waals surface area contributed by atoms with Crippen LogP contribution in [0.5, 0.6) is 0 Å². The first-order valence-corrected chi connectivity index (χ1v) is 4.77. The monoisotopic (exact) mass is 200 g/mol. The zero-order valence-corrected chi connectivity index (χ0v) is 8.52. The highest BCUT2D eigenvalue weighted by molar-refractivity contribution is 7.10. The minimum absolute atomic E-state index is 0.209. The number of hydrogen-bond acceptors (Lipinski definition) is 4. The predicted octanol–water partition coefficient (Wildman–Crippen LogP) is 1.61. The van der Waals surface area contributed by atoms with Crippen molar-refractivity contribution in [1.82, 2.24) is 0 Å². The van der Waals surface area contributed by atoms with E-state index in [9.17, 15) is 4.79 Å². The second kappa shape index (κ2) is 4.99. The molecule has 13 heavy (non-hydrogen) atoms. The van der Waals surface area contributed by atoms with Crippen LogP contribution >= 0.6 is 11.3 Å². The van der Waals surface area contributed by atoms with Gasteiger partial charge in [0.15, 0.2) is 0 Å². The van der Waals surface area contributed by atoms with E-state index in [1.165, 1.54) is 7.11 Å². The highest BCUT2D eigenvalue weighted by Crippen LogP contribution is 2.18. The maximum atomic E-state index is 11.0. The molecular formula is C9H12O3S. The molecule has 1 rings (SSSR count). The number of carbonyl (C=O) groups is 1. The van der Waals surface area contributed by atoms with Crippen molar-refractivity contribution >= 4 is 17.3 Å². The molecule has 0 aromatic carbocycles. The van der Waals surface area contributed by atoms with Gasteiger partial charge in [0.2, 0.25) is 0 Å². The molecule has 0 spiro atoms. The zero-order valence-electron chi connectivity index (χ0n) is 7.70. The molecule has 0 aliphatic heterocycles. The molecule has 0 fully saturated rings. The van der Waals surface area contributed by atoms with Gasteiger partial charge in [0, 0.05) is 12.0 Å². The molecule has 0 atom stereocenters. The summed E-state index contributed by atoms with van der Waals surface area (Å²) < 4.78 is 9.58. The lowest BCUT2D eigenvalue weighted by molar-refractivity contribution is -0.139. The van der Waals surface area contributed by atoms with Gasteiger partial charge in [-0.05, 0) is 17.0 Å². The first-order valence-electron chi connectivity index (χ1n) is 3.89. The highest BCUT2D eigenvalue weighted by atomic mass is 32.1. The van der Waals surface area contributed by atoms with Gasteiger partial charge in [0.05, 0.1) is 20.1 Å². The molecule has 4 heteroatoms. The SMILES string of the molecule is COCc1ccsc1CC(=O)OC. The summed E-state index contributed by atoms with van der Waals surface area (Å²) in [5, 5.41) is 1.95. The Morgan fingerprint density at radius 2 is 2.31 bits per heavy atom. The summed E-state index contributed by atoms with van der Waals surface area (Å²) in [6, 6.07) is 1.96. The van der Waals surface area contributed by atoms with Crippen LogP contribution in [0, 0.1) is 0 Å². The average molecular weight is 200 g/mol. The third kappa shape index (κ3) is 2.82. The van der Waals surface area contributed by atoms with Crippen molar-refractivity contribution < 1.29 is 14.3 Å². The van der Waals surface area contributed by atoms with Gasteiger partial charge in [-0.25, -0.2) is 0 Å². The van der Waals surface area contributed by atoms with Crippen molar-refractivity contribution in [2.24, 2.45) is 0 Å². The van der Waals surface area contributed by atoms with Crippen LogP contribution in [-0.2, 0) is 27.3 Å². The first kappa shape index (κ1) is 10.2. The topological polar surface area (TPSA) is 35.5 Å². The number of ether oxygens (including phenoxy) is 2. The summed E-state index contributed by atoms with van der Waals surface area (Å²) in [5.74, 6) is -0.209. The van der Waals surface area contributed by atoms with Crippen LogP contribution in [0.25, 0.3) is 0 Å². The van der Waals surface area contributed by atoms with Crippen LogP contribution < -0.4 is 0 Å². The number of carbonyl (C=O) groups excluding carboxylic acids is 1. The van der Waals surface area contributed by atoms with E-state index < -0.39 is 0 Å². The van der Waals surface area contributed by atoms with Crippen molar-refractivity contribution in [1.29, 1.82) is 0 Å². The van der Waals surface area contributed by atoms with Crippen molar-refractivity contribution in [3.8, 4) is 0 Å². The third-order valence-corrected chi connectivity index (χ3v) is 2.63. The molecule has 0 saturated heterocycles. The summed E-state index contributed by atoms with van der Waals surface area (Å²) in [4.78, 5) is 12.0. The number of thiophene rings is 1. The largest absolute Gasteiger partial charge is 0.469 e. The molecule has 1 aromatic rings. The number of methoxy groups -OCH3 is 2. The van der Waals surface area contributed by atoms with Crippen LogP contribution in [0.1, 0.15) is 10.4 Å². The molecule has 1 aromatic heterocycles. The van der Waals surface area contributed by atoms with Crippen LogP contribution in [0.15, 0.2) is 11.4 Å². The Kier molecular flexibility index (Phi) is 3.92. The minimum atomic E-state index is -0.209. The van der Waals surface area contributed by atoms with Gasteiger partial charge in [-0.15, -0.1) is 11.3 Å². The predicted molar refractivity (Wildman–Crippen MR) is 50.8 cm³/mol. The summed E-state index contributed by atoms with van der Waals surface area (Å²) in [6.45, 7) is 0.551. The second-order valence-corrected chi connectivity index (χ2v) is 3.56. The van der Waals surface area contributed by atoms with Crippen molar-refractivity contribution in [3.05, 3.63) is 21.9 Å². The lowest BCUT2D eigenvalue weighted by Gasteiger charge is -2.00. The molecule has 72 valence electrons. The second-order valence-electron chi connectivity index (χ2n) is 2.55. The summed E-state index contributed by atoms with van der Waals surface area (Å²) in [6.07, 6.45) is 0.340. The van der Waals surface area contributed by atoms with Gasteiger partial charge in [-0.1, -0.05) is 0 Å². The maximum Gasteiger partial charge on any atom is 0.310 e. The number of esters is 1. The van der Waals surface area contributed by atoms with Gasteiger partial charge in [0.25, 0.3) is 0 Å². The van der Waals surface area contributed by atoms with Crippen molar-refractivity contribution in [2.75, 3.05) is 14.2 Å². The summed E-state index contributed by atoms with van der Waals surface area (Å²) in [5.41, 5.74) is 1.07. The zero-order chi connectivity index (χ0) is 9.68. The molecule has 0 aliphatic rings. The minimum Gasteiger partial charge on any atom is -0.469 e. The number of rotatable bonds is 4. The molecule has 0 amide bonds. The summed E-state index contributed by atoms with van der Waals surface area (Å²) >= 11 is 1.55.